The molecule has 0 unspecified atom stereocenters. The van der Waals surface area contributed by atoms with Crippen molar-refractivity contribution in [3.63, 3.8) is 0 Å². The monoisotopic (exact) mass is 306 g/mol. The van der Waals surface area contributed by atoms with Gasteiger partial charge in [-0.3, -0.25) is 0 Å². The highest BCUT2D eigenvalue weighted by atomic mass is 33.1. The maximum atomic E-state index is 10.8. The summed E-state index contributed by atoms with van der Waals surface area (Å²) in [6.45, 7) is 0. The summed E-state index contributed by atoms with van der Waals surface area (Å²) in [6, 6.07) is 0. The minimum atomic E-state index is -2.91. The first kappa shape index (κ1) is 16.6. The molecule has 0 bridgehead atoms. The van der Waals surface area contributed by atoms with Crippen LogP contribution in [0.3, 0.4) is 0 Å². The highest BCUT2D eigenvalue weighted by Gasteiger charge is 2.03. The first-order valence-corrected chi connectivity index (χ1v) is 11.7. The van der Waals surface area contributed by atoms with Gasteiger partial charge in [0.2, 0.25) is 0 Å². The van der Waals surface area contributed by atoms with Gasteiger partial charge in [-0.2, -0.15) is 0 Å². The molecule has 0 saturated heterocycles. The minimum Gasteiger partial charge on any atom is -0.218 e. The van der Waals surface area contributed by atoms with Crippen molar-refractivity contribution in [2.75, 3.05) is 24.0 Å². The van der Waals surface area contributed by atoms with Crippen LogP contribution in [0.15, 0.2) is 0 Å². The Balaban J connectivity index is 3.29. The molecule has 0 aliphatic carbocycles. The Morgan fingerprint density at radius 3 is 1.25 bits per heavy atom. The Bertz CT molecular complexity index is 333. The van der Waals surface area contributed by atoms with E-state index in [1.165, 1.54) is 12.5 Å². The number of hydrogen-bond donors (Lipinski definition) is 0. The molecule has 8 heteroatoms. The van der Waals surface area contributed by atoms with E-state index >= 15 is 0 Å². The van der Waals surface area contributed by atoms with Crippen molar-refractivity contribution in [2.24, 2.45) is 0 Å². The molecule has 0 aliphatic rings. The third-order valence-electron chi connectivity index (χ3n) is 1.63. The minimum absolute atomic E-state index is 0.623. The van der Waals surface area contributed by atoms with Crippen molar-refractivity contribution in [2.45, 2.75) is 25.7 Å². The standard InChI is InChI=1S/C8H18O4S4/c1-15(9,10)13-7-5-3-4-6-8-14-16(2,11)12/h3-8H2,1-2H3. The van der Waals surface area contributed by atoms with E-state index < -0.39 is 17.7 Å². The first-order chi connectivity index (χ1) is 7.21. The first-order valence-electron chi connectivity index (χ1n) is 4.89. The molecular weight excluding hydrogens is 288 g/mol. The van der Waals surface area contributed by atoms with E-state index in [-0.39, 0.29) is 0 Å². The molecule has 0 radical (unpaired) electrons. The third kappa shape index (κ3) is 14.6. The van der Waals surface area contributed by atoms with Crippen molar-refractivity contribution in [3.8, 4) is 0 Å². The van der Waals surface area contributed by atoms with Crippen LogP contribution in [0.1, 0.15) is 25.7 Å². The fraction of sp³-hybridized carbons (Fsp3) is 1.00. The van der Waals surface area contributed by atoms with Gasteiger partial charge in [0.15, 0.2) is 17.7 Å². The molecular formula is C8H18O4S4. The van der Waals surface area contributed by atoms with Crippen LogP contribution >= 0.6 is 21.6 Å². The van der Waals surface area contributed by atoms with Gasteiger partial charge in [0, 0.05) is 24.0 Å². The second kappa shape index (κ2) is 7.84. The summed E-state index contributed by atoms with van der Waals surface area (Å²) in [5, 5.41) is 0. The van der Waals surface area contributed by atoms with E-state index in [2.05, 4.69) is 0 Å². The second-order valence-corrected chi connectivity index (χ2v) is 12.6. The third-order valence-corrected chi connectivity index (χ3v) is 6.97. The molecule has 0 aromatic carbocycles. The lowest BCUT2D eigenvalue weighted by Gasteiger charge is -2.00. The van der Waals surface area contributed by atoms with Crippen LogP contribution in [-0.4, -0.2) is 40.9 Å². The highest BCUT2D eigenvalue weighted by molar-refractivity contribution is 8.72. The zero-order chi connectivity index (χ0) is 12.7. The van der Waals surface area contributed by atoms with Gasteiger partial charge in [-0.1, -0.05) is 12.8 Å². The van der Waals surface area contributed by atoms with Gasteiger partial charge in [0.1, 0.15) is 0 Å². The zero-order valence-corrected chi connectivity index (χ0v) is 12.8. The lowest BCUT2D eigenvalue weighted by atomic mass is 10.2. The van der Waals surface area contributed by atoms with Gasteiger partial charge < -0.3 is 0 Å². The molecule has 0 spiro atoms. The molecule has 0 aromatic rings. The van der Waals surface area contributed by atoms with E-state index in [4.69, 9.17) is 0 Å². The van der Waals surface area contributed by atoms with Crippen LogP contribution in [0.2, 0.25) is 0 Å². The lowest BCUT2D eigenvalue weighted by molar-refractivity contribution is 0.613. The van der Waals surface area contributed by atoms with E-state index in [1.807, 2.05) is 0 Å². The van der Waals surface area contributed by atoms with E-state index in [9.17, 15) is 16.8 Å². The smallest absolute Gasteiger partial charge is 0.198 e. The summed E-state index contributed by atoms with van der Waals surface area (Å²) in [4.78, 5) is 0. The van der Waals surface area contributed by atoms with Crippen molar-refractivity contribution >= 4 is 39.3 Å². The highest BCUT2D eigenvalue weighted by Crippen LogP contribution is 2.16. The molecule has 4 nitrogen and oxygen atoms in total. The number of rotatable bonds is 9. The summed E-state index contributed by atoms with van der Waals surface area (Å²) in [5.41, 5.74) is 0. The van der Waals surface area contributed by atoms with Crippen LogP contribution in [-0.2, 0) is 17.7 Å². The van der Waals surface area contributed by atoms with Crippen molar-refractivity contribution in [3.05, 3.63) is 0 Å². The van der Waals surface area contributed by atoms with Crippen LogP contribution in [0.4, 0.5) is 0 Å². The topological polar surface area (TPSA) is 68.3 Å². The van der Waals surface area contributed by atoms with Gasteiger partial charge in [-0.25, -0.2) is 16.8 Å². The quantitative estimate of drug-likeness (QED) is 0.479. The summed E-state index contributed by atoms with van der Waals surface area (Å²) < 4.78 is 43.1. The van der Waals surface area contributed by atoms with Gasteiger partial charge in [-0.15, -0.1) is 0 Å². The molecule has 0 saturated carbocycles. The van der Waals surface area contributed by atoms with Crippen molar-refractivity contribution < 1.29 is 16.8 Å². The average Bonchev–Trinajstić information content (AvgIpc) is 2.06. The van der Waals surface area contributed by atoms with Gasteiger partial charge in [0.05, 0.1) is 0 Å². The SMILES string of the molecule is CS(=O)(=O)SCCCCCCSS(C)(=O)=O. The van der Waals surface area contributed by atoms with Crippen LogP contribution in [0.25, 0.3) is 0 Å². The Hall–Kier alpha value is 0.600. The maximum absolute atomic E-state index is 10.8. The molecule has 0 aromatic heterocycles. The normalized spacial score (nSPS) is 12.9. The Morgan fingerprint density at radius 2 is 1.00 bits per heavy atom. The predicted octanol–water partition coefficient (Wildman–Crippen LogP) is 1.93. The van der Waals surface area contributed by atoms with Crippen LogP contribution < -0.4 is 0 Å². The molecule has 0 fully saturated rings. The molecule has 16 heavy (non-hydrogen) atoms. The van der Waals surface area contributed by atoms with Crippen molar-refractivity contribution in [1.82, 2.24) is 0 Å². The molecule has 0 amide bonds. The van der Waals surface area contributed by atoms with Gasteiger partial charge in [0.25, 0.3) is 0 Å². The molecule has 0 N–H and O–H groups in total. The fourth-order valence-electron chi connectivity index (χ4n) is 0.978. The fourth-order valence-corrected chi connectivity index (χ4v) is 4.75. The molecule has 0 atom stereocenters. The molecule has 0 heterocycles. The summed E-state index contributed by atoms with van der Waals surface area (Å²) >= 11 is 0. The number of unbranched alkanes of at least 4 members (excludes halogenated alkanes) is 3. The molecule has 0 rings (SSSR count). The zero-order valence-electron chi connectivity index (χ0n) is 9.51. The Kier molecular flexibility index (Phi) is 8.13. The lowest BCUT2D eigenvalue weighted by Crippen LogP contribution is -1.93. The van der Waals surface area contributed by atoms with E-state index in [0.717, 1.165) is 47.3 Å². The van der Waals surface area contributed by atoms with E-state index in [0.29, 0.717) is 11.5 Å². The van der Waals surface area contributed by atoms with Crippen molar-refractivity contribution in [1.29, 1.82) is 0 Å². The summed E-state index contributed by atoms with van der Waals surface area (Å²) in [7, 11) is -3.87. The molecule has 0 aliphatic heterocycles. The summed E-state index contributed by atoms with van der Waals surface area (Å²) in [6.07, 6.45) is 6.04. The van der Waals surface area contributed by atoms with Crippen LogP contribution in [0.5, 0.6) is 0 Å². The summed E-state index contributed by atoms with van der Waals surface area (Å²) in [5.74, 6) is 1.25. The van der Waals surface area contributed by atoms with Gasteiger partial charge in [-0.05, 0) is 34.4 Å². The average molecular weight is 306 g/mol. The number of hydrogen-bond acceptors (Lipinski definition) is 6. The van der Waals surface area contributed by atoms with Crippen LogP contribution in [0, 0.1) is 0 Å². The Labute approximate surface area is 106 Å². The van der Waals surface area contributed by atoms with E-state index in [1.54, 1.807) is 0 Å². The largest absolute Gasteiger partial charge is 0.218 e. The molecule has 98 valence electrons. The second-order valence-electron chi connectivity index (χ2n) is 3.47. The van der Waals surface area contributed by atoms with Gasteiger partial charge >= 0.3 is 0 Å². The maximum Gasteiger partial charge on any atom is 0.198 e. The Morgan fingerprint density at radius 1 is 0.688 bits per heavy atom. The predicted molar refractivity (Wildman–Crippen MR) is 73.1 cm³/mol.